The normalized spacial score (nSPS) is 26.2. The summed E-state index contributed by atoms with van der Waals surface area (Å²) in [7, 11) is -10.5. The summed E-state index contributed by atoms with van der Waals surface area (Å²) in [5, 5.41) is 19.9. The lowest BCUT2D eigenvalue weighted by Gasteiger charge is -2.43. The quantitative estimate of drug-likeness (QED) is 0.116. The van der Waals surface area contributed by atoms with Gasteiger partial charge in [0.15, 0.2) is 17.8 Å². The van der Waals surface area contributed by atoms with E-state index in [2.05, 4.69) is 24.0 Å². The summed E-state index contributed by atoms with van der Waals surface area (Å²) < 4.78 is 49.0. The molecule has 34 heavy (non-hydrogen) atoms. The van der Waals surface area contributed by atoms with Crippen LogP contribution in [0, 0.1) is 0 Å². The summed E-state index contributed by atoms with van der Waals surface area (Å²) >= 11 is 0. The fraction of sp³-hybridized carbons (Fsp3) is 0.643. The van der Waals surface area contributed by atoms with Crippen LogP contribution in [0.1, 0.15) is 0 Å². The van der Waals surface area contributed by atoms with E-state index in [0.29, 0.717) is 11.2 Å². The van der Waals surface area contributed by atoms with Gasteiger partial charge < -0.3 is 49.7 Å². The molecule has 2 aromatic rings. The summed E-state index contributed by atoms with van der Waals surface area (Å²) in [6.45, 7) is -1.20. The molecule has 3 heterocycles. The van der Waals surface area contributed by atoms with Gasteiger partial charge in [0.25, 0.3) is 0 Å². The molecular formula is C14H23N5O13P2. The summed E-state index contributed by atoms with van der Waals surface area (Å²) in [5.74, 6) is 0.196. The molecular weight excluding hydrogens is 508 g/mol. The van der Waals surface area contributed by atoms with Gasteiger partial charge >= 0.3 is 15.6 Å². The smallest absolute Gasteiger partial charge is 0.394 e. The minimum Gasteiger partial charge on any atom is -0.394 e. The van der Waals surface area contributed by atoms with Gasteiger partial charge in [0.2, 0.25) is 0 Å². The number of phosphoric acid groups is 2. The largest absolute Gasteiger partial charge is 0.470 e. The number of imidazole rings is 1. The maximum absolute atomic E-state index is 11.3. The van der Waals surface area contributed by atoms with Gasteiger partial charge in [0.05, 0.1) is 26.1 Å². The molecule has 18 nitrogen and oxygen atoms in total. The van der Waals surface area contributed by atoms with Crippen LogP contribution in [0.15, 0.2) is 12.7 Å². The number of aliphatic hydroxyl groups is 2. The molecule has 1 saturated heterocycles. The highest BCUT2D eigenvalue weighted by atomic mass is 31.2. The van der Waals surface area contributed by atoms with Crippen LogP contribution in [0.2, 0.25) is 0 Å². The van der Waals surface area contributed by atoms with Gasteiger partial charge in [-0.25, -0.2) is 24.1 Å². The van der Waals surface area contributed by atoms with E-state index in [1.54, 1.807) is 0 Å². The van der Waals surface area contributed by atoms with Crippen molar-refractivity contribution in [1.29, 1.82) is 0 Å². The van der Waals surface area contributed by atoms with Gasteiger partial charge in [-0.3, -0.25) is 13.6 Å². The molecule has 192 valence electrons. The molecule has 1 aliphatic rings. The predicted molar refractivity (Wildman–Crippen MR) is 107 cm³/mol. The highest BCUT2D eigenvalue weighted by molar-refractivity contribution is 7.46. The number of aromatic nitrogens is 4. The molecule has 0 radical (unpaired) electrons. The minimum absolute atomic E-state index is 0.00814. The van der Waals surface area contributed by atoms with Crippen molar-refractivity contribution in [2.75, 3.05) is 25.6 Å². The molecule has 0 bridgehead atoms. The number of hydrogen-bond donors (Lipinski definition) is 7. The molecule has 0 aliphatic carbocycles. The first-order valence-electron chi connectivity index (χ1n) is 9.42. The van der Waals surface area contributed by atoms with Crippen LogP contribution >= 0.6 is 15.6 Å². The molecule has 5 atom stereocenters. The van der Waals surface area contributed by atoms with E-state index in [9.17, 15) is 19.3 Å². The zero-order valence-electron chi connectivity index (χ0n) is 17.2. The Morgan fingerprint density at radius 1 is 1.06 bits per heavy atom. The lowest BCUT2D eigenvalue weighted by atomic mass is 9.99. The fourth-order valence-corrected chi connectivity index (χ4v) is 4.26. The third-order valence-electron chi connectivity index (χ3n) is 4.48. The van der Waals surface area contributed by atoms with E-state index in [4.69, 9.17) is 39.5 Å². The number of rotatable bonds is 11. The Morgan fingerprint density at radius 3 is 2.38 bits per heavy atom. The number of phosphoric ester groups is 2. The van der Waals surface area contributed by atoms with Crippen LogP contribution in [0.3, 0.4) is 0 Å². The van der Waals surface area contributed by atoms with Crippen LogP contribution in [-0.4, -0.2) is 99.8 Å². The average molecular weight is 531 g/mol. The molecule has 0 amide bonds. The monoisotopic (exact) mass is 531 g/mol. The number of hydrogen-bond acceptors (Lipinski definition) is 13. The van der Waals surface area contributed by atoms with Gasteiger partial charge in [-0.1, -0.05) is 0 Å². The molecule has 3 rings (SSSR count). The first-order valence-corrected chi connectivity index (χ1v) is 12.5. The third kappa shape index (κ3) is 6.96. The molecule has 0 spiro atoms. The Balaban J connectivity index is 1.59. The number of nitrogens with two attached hydrogens (primary N) is 1. The molecule has 0 saturated carbocycles. The third-order valence-corrected chi connectivity index (χ3v) is 5.52. The average Bonchev–Trinajstić information content (AvgIpc) is 3.14. The summed E-state index contributed by atoms with van der Waals surface area (Å²) in [4.78, 5) is 48.3. The Hall–Kier alpha value is -1.63. The molecule has 0 aromatic carbocycles. The molecule has 0 unspecified atom stereocenters. The summed E-state index contributed by atoms with van der Waals surface area (Å²) in [5.41, 5.74) is 6.52. The lowest BCUT2D eigenvalue weighted by Crippen LogP contribution is -2.60. The van der Waals surface area contributed by atoms with E-state index in [0.717, 1.165) is 0 Å². The second-order valence-corrected chi connectivity index (χ2v) is 9.27. The van der Waals surface area contributed by atoms with Crippen molar-refractivity contribution in [3.63, 3.8) is 0 Å². The number of fused-ring (bicyclic) bond motifs is 1. The van der Waals surface area contributed by atoms with Gasteiger partial charge in [-0.15, -0.1) is 0 Å². The van der Waals surface area contributed by atoms with E-state index in [1.165, 1.54) is 17.2 Å². The summed E-state index contributed by atoms with van der Waals surface area (Å²) in [6, 6.07) is 0. The first-order chi connectivity index (χ1) is 15.9. The van der Waals surface area contributed by atoms with Crippen molar-refractivity contribution < 1.29 is 62.2 Å². The Kier molecular flexibility index (Phi) is 8.70. The topological polar surface area (TPSA) is 271 Å². The maximum atomic E-state index is 11.3. The number of ether oxygens (including phenoxy) is 3. The zero-order valence-corrected chi connectivity index (χ0v) is 19.0. The first kappa shape index (κ1) is 27.0. The highest BCUT2D eigenvalue weighted by Gasteiger charge is 2.51. The van der Waals surface area contributed by atoms with Crippen molar-refractivity contribution in [2.45, 2.75) is 37.4 Å². The second kappa shape index (κ2) is 11.0. The zero-order chi connectivity index (χ0) is 25.1. The van der Waals surface area contributed by atoms with Gasteiger partial charge in [-0.05, 0) is 0 Å². The Bertz CT molecular complexity index is 1060. The van der Waals surface area contributed by atoms with Crippen molar-refractivity contribution in [2.24, 2.45) is 0 Å². The van der Waals surface area contributed by atoms with Crippen molar-refractivity contribution in [3.05, 3.63) is 12.7 Å². The molecule has 1 fully saturated rings. The molecule has 20 heteroatoms. The lowest BCUT2D eigenvalue weighted by molar-refractivity contribution is -0.297. The molecule has 2 aromatic heterocycles. The van der Waals surface area contributed by atoms with E-state index < -0.39 is 53.0 Å². The Morgan fingerprint density at radius 2 is 1.74 bits per heavy atom. The van der Waals surface area contributed by atoms with Crippen LogP contribution < -0.4 is 5.73 Å². The minimum atomic E-state index is -5.26. The van der Waals surface area contributed by atoms with Gasteiger partial charge in [0.1, 0.15) is 43.0 Å². The van der Waals surface area contributed by atoms with E-state index in [-0.39, 0.29) is 25.8 Å². The second-order valence-electron chi connectivity index (χ2n) is 6.89. The number of nitrogens with zero attached hydrogens (tertiary/aromatic N) is 4. The SMILES string of the molecule is Nc1ncnc2c1ncn2COCCO[C@H]1O[C@H](CO)[C@@H](OP(=O)(O)O)[C@H](OP(=O)(O)O)[C@H]1O. The predicted octanol–water partition coefficient (Wildman–Crippen LogP) is -2.57. The van der Waals surface area contributed by atoms with Crippen molar-refractivity contribution in [3.8, 4) is 0 Å². The van der Waals surface area contributed by atoms with Crippen LogP contribution in [-0.2, 0) is 39.1 Å². The summed E-state index contributed by atoms with van der Waals surface area (Å²) in [6.07, 6.45) is -6.42. The number of aliphatic hydroxyl groups excluding tert-OH is 2. The highest BCUT2D eigenvalue weighted by Crippen LogP contribution is 2.46. The molecule has 1 aliphatic heterocycles. The van der Waals surface area contributed by atoms with Crippen LogP contribution in [0.25, 0.3) is 11.2 Å². The standard InChI is InChI=1S/C14H23N5O13P2/c15-12-8-13(17-4-16-12)19(5-18-8)6-28-1-2-29-14-9(21)11(32-34(25,26)27)10(7(3-20)30-14)31-33(22,23)24/h4-5,7,9-11,14,20-21H,1-3,6H2,(H2,15,16,17)(H2,22,23,24)(H2,25,26,27)/t7-,9-,10-,11-,14+/m1/s1. The van der Waals surface area contributed by atoms with Crippen molar-refractivity contribution >= 4 is 32.6 Å². The van der Waals surface area contributed by atoms with E-state index >= 15 is 0 Å². The number of nitrogen functional groups attached to an aromatic ring is 1. The van der Waals surface area contributed by atoms with Crippen LogP contribution in [0.5, 0.6) is 0 Å². The Labute approximate surface area is 190 Å². The fourth-order valence-electron chi connectivity index (χ4n) is 3.12. The maximum Gasteiger partial charge on any atom is 0.470 e. The number of anilines is 1. The van der Waals surface area contributed by atoms with E-state index in [1.807, 2.05) is 0 Å². The van der Waals surface area contributed by atoms with Gasteiger partial charge in [-0.2, -0.15) is 0 Å². The van der Waals surface area contributed by atoms with Gasteiger partial charge in [0, 0.05) is 0 Å². The van der Waals surface area contributed by atoms with Crippen LogP contribution in [0.4, 0.5) is 5.82 Å². The molecule has 8 N–H and O–H groups in total. The van der Waals surface area contributed by atoms with Crippen molar-refractivity contribution in [1.82, 2.24) is 19.5 Å².